The van der Waals surface area contributed by atoms with Crippen molar-refractivity contribution < 1.29 is 13.9 Å². The maximum atomic E-state index is 13.5. The first kappa shape index (κ1) is 14.0. The zero-order valence-corrected chi connectivity index (χ0v) is 11.2. The molecule has 1 atom stereocenters. The lowest BCUT2D eigenvalue weighted by molar-refractivity contribution is 0.176. The molecule has 102 valence electrons. The van der Waals surface area contributed by atoms with Crippen LogP contribution in [0, 0.1) is 18.6 Å². The third-order valence-electron chi connectivity index (χ3n) is 2.97. The third-order valence-corrected chi connectivity index (χ3v) is 3.42. The standard InChI is InChI=1S/C13H13ClF2N2O/c1-7-11(13(14)18(2)17-7)10(19)6-8-4-3-5-9(15)12(8)16/h3-5,10,19H,6H2,1-2H3. The molecular weight excluding hydrogens is 274 g/mol. The fraction of sp³-hybridized carbons (Fsp3) is 0.308. The second kappa shape index (κ2) is 5.27. The van der Waals surface area contributed by atoms with Crippen molar-refractivity contribution in [3.63, 3.8) is 0 Å². The van der Waals surface area contributed by atoms with E-state index in [-0.39, 0.29) is 12.0 Å². The van der Waals surface area contributed by atoms with Crippen molar-refractivity contribution in [1.82, 2.24) is 9.78 Å². The van der Waals surface area contributed by atoms with Gasteiger partial charge in [-0.05, 0) is 18.6 Å². The van der Waals surface area contributed by atoms with Crippen LogP contribution in [0.25, 0.3) is 0 Å². The van der Waals surface area contributed by atoms with Crippen molar-refractivity contribution in [2.24, 2.45) is 7.05 Å². The van der Waals surface area contributed by atoms with Gasteiger partial charge in [0.1, 0.15) is 5.15 Å². The van der Waals surface area contributed by atoms with Gasteiger partial charge in [-0.15, -0.1) is 0 Å². The Morgan fingerprint density at radius 3 is 2.68 bits per heavy atom. The number of aryl methyl sites for hydroxylation is 2. The summed E-state index contributed by atoms with van der Waals surface area (Å²) in [6.07, 6.45) is -1.09. The Hall–Kier alpha value is -1.46. The minimum Gasteiger partial charge on any atom is -0.388 e. The van der Waals surface area contributed by atoms with Crippen LogP contribution in [0.5, 0.6) is 0 Å². The molecule has 0 spiro atoms. The number of nitrogens with zero attached hydrogens (tertiary/aromatic N) is 2. The molecule has 2 rings (SSSR count). The maximum absolute atomic E-state index is 13.5. The van der Waals surface area contributed by atoms with Gasteiger partial charge in [-0.2, -0.15) is 5.10 Å². The van der Waals surface area contributed by atoms with Crippen molar-refractivity contribution in [3.8, 4) is 0 Å². The van der Waals surface area contributed by atoms with Gasteiger partial charge in [0.05, 0.1) is 11.8 Å². The molecule has 0 aliphatic heterocycles. The number of aliphatic hydroxyl groups is 1. The van der Waals surface area contributed by atoms with Crippen LogP contribution in [-0.4, -0.2) is 14.9 Å². The molecule has 0 fully saturated rings. The van der Waals surface area contributed by atoms with Crippen LogP contribution in [0.1, 0.15) is 22.9 Å². The van der Waals surface area contributed by atoms with E-state index >= 15 is 0 Å². The second-order valence-corrected chi connectivity index (χ2v) is 4.70. The lowest BCUT2D eigenvalue weighted by Gasteiger charge is -2.11. The third kappa shape index (κ3) is 2.62. The highest BCUT2D eigenvalue weighted by Crippen LogP contribution is 2.29. The predicted molar refractivity (Wildman–Crippen MR) is 68.0 cm³/mol. The van der Waals surface area contributed by atoms with Crippen LogP contribution in [0.3, 0.4) is 0 Å². The summed E-state index contributed by atoms with van der Waals surface area (Å²) in [6.45, 7) is 1.70. The zero-order valence-electron chi connectivity index (χ0n) is 10.5. The normalized spacial score (nSPS) is 12.7. The zero-order chi connectivity index (χ0) is 14.2. The van der Waals surface area contributed by atoms with Crippen LogP contribution >= 0.6 is 11.6 Å². The summed E-state index contributed by atoms with van der Waals surface area (Å²) in [5.74, 6) is -1.88. The van der Waals surface area contributed by atoms with Gasteiger partial charge in [0.25, 0.3) is 0 Å². The van der Waals surface area contributed by atoms with Gasteiger partial charge in [-0.3, -0.25) is 4.68 Å². The molecule has 1 N–H and O–H groups in total. The van der Waals surface area contributed by atoms with E-state index in [1.165, 1.54) is 16.8 Å². The van der Waals surface area contributed by atoms with Crippen molar-refractivity contribution in [1.29, 1.82) is 0 Å². The van der Waals surface area contributed by atoms with Crippen LogP contribution < -0.4 is 0 Å². The highest BCUT2D eigenvalue weighted by Gasteiger charge is 2.21. The molecule has 0 saturated carbocycles. The van der Waals surface area contributed by atoms with Gasteiger partial charge in [-0.1, -0.05) is 23.7 Å². The van der Waals surface area contributed by atoms with Crippen molar-refractivity contribution in [2.75, 3.05) is 0 Å². The van der Waals surface area contributed by atoms with Gasteiger partial charge >= 0.3 is 0 Å². The van der Waals surface area contributed by atoms with Crippen molar-refractivity contribution >= 4 is 11.6 Å². The molecule has 0 bridgehead atoms. The van der Waals surface area contributed by atoms with Gasteiger partial charge in [0, 0.05) is 19.0 Å². The molecule has 0 aliphatic rings. The van der Waals surface area contributed by atoms with Gasteiger partial charge in [0.2, 0.25) is 0 Å². The number of aliphatic hydroxyl groups excluding tert-OH is 1. The van der Waals surface area contributed by atoms with E-state index in [1.54, 1.807) is 14.0 Å². The first-order valence-corrected chi connectivity index (χ1v) is 6.09. The molecule has 1 unspecified atom stereocenters. The number of rotatable bonds is 3. The lowest BCUT2D eigenvalue weighted by atomic mass is 10.0. The van der Waals surface area contributed by atoms with Crippen LogP contribution in [-0.2, 0) is 13.5 Å². The van der Waals surface area contributed by atoms with Crippen LogP contribution in [0.15, 0.2) is 18.2 Å². The average molecular weight is 287 g/mol. The summed E-state index contributed by atoms with van der Waals surface area (Å²) in [4.78, 5) is 0. The molecule has 0 aliphatic carbocycles. The lowest BCUT2D eigenvalue weighted by Crippen LogP contribution is -2.06. The molecule has 2 aromatic rings. The Morgan fingerprint density at radius 2 is 2.11 bits per heavy atom. The molecule has 0 radical (unpaired) electrons. The van der Waals surface area contributed by atoms with E-state index in [2.05, 4.69) is 5.10 Å². The van der Waals surface area contributed by atoms with E-state index in [0.717, 1.165) is 6.07 Å². The number of aromatic nitrogens is 2. The number of hydrogen-bond acceptors (Lipinski definition) is 2. The van der Waals surface area contributed by atoms with Crippen molar-refractivity contribution in [3.05, 3.63) is 51.8 Å². The van der Waals surface area contributed by atoms with E-state index < -0.39 is 17.7 Å². The smallest absolute Gasteiger partial charge is 0.162 e. The molecule has 3 nitrogen and oxygen atoms in total. The Kier molecular flexibility index (Phi) is 3.87. The summed E-state index contributed by atoms with van der Waals surface area (Å²) in [7, 11) is 1.65. The maximum Gasteiger partial charge on any atom is 0.162 e. The molecule has 0 saturated heterocycles. The van der Waals surface area contributed by atoms with E-state index in [1.807, 2.05) is 0 Å². The highest BCUT2D eigenvalue weighted by molar-refractivity contribution is 6.30. The minimum absolute atomic E-state index is 0.0597. The Balaban J connectivity index is 2.31. The Morgan fingerprint density at radius 1 is 1.42 bits per heavy atom. The molecule has 0 amide bonds. The number of halogens is 3. The largest absolute Gasteiger partial charge is 0.388 e. The molecule has 1 heterocycles. The van der Waals surface area contributed by atoms with E-state index in [0.29, 0.717) is 16.4 Å². The molecule has 6 heteroatoms. The summed E-state index contributed by atoms with van der Waals surface area (Å²) >= 11 is 6.02. The first-order chi connectivity index (χ1) is 8.91. The van der Waals surface area contributed by atoms with E-state index in [9.17, 15) is 13.9 Å². The number of benzene rings is 1. The Bertz CT molecular complexity index is 613. The van der Waals surface area contributed by atoms with E-state index in [4.69, 9.17) is 11.6 Å². The van der Waals surface area contributed by atoms with Crippen molar-refractivity contribution in [2.45, 2.75) is 19.4 Å². The average Bonchev–Trinajstić information content (AvgIpc) is 2.59. The van der Waals surface area contributed by atoms with Gasteiger partial charge < -0.3 is 5.11 Å². The number of hydrogen-bond donors (Lipinski definition) is 1. The van der Waals surface area contributed by atoms with Gasteiger partial charge in [-0.25, -0.2) is 8.78 Å². The second-order valence-electron chi connectivity index (χ2n) is 4.35. The summed E-state index contributed by atoms with van der Waals surface area (Å²) < 4.78 is 28.1. The van der Waals surface area contributed by atoms with Crippen LogP contribution in [0.4, 0.5) is 8.78 Å². The monoisotopic (exact) mass is 286 g/mol. The van der Waals surface area contributed by atoms with Crippen LogP contribution in [0.2, 0.25) is 5.15 Å². The first-order valence-electron chi connectivity index (χ1n) is 5.71. The Labute approximate surface area is 114 Å². The summed E-state index contributed by atoms with van der Waals surface area (Å²) in [6, 6.07) is 3.87. The summed E-state index contributed by atoms with van der Waals surface area (Å²) in [5, 5.41) is 14.5. The molecule has 1 aromatic carbocycles. The molecule has 1 aromatic heterocycles. The molecular formula is C13H13ClF2N2O. The highest BCUT2D eigenvalue weighted by atomic mass is 35.5. The quantitative estimate of drug-likeness (QED) is 0.942. The summed E-state index contributed by atoms with van der Waals surface area (Å²) in [5.41, 5.74) is 1.11. The molecule has 19 heavy (non-hydrogen) atoms. The predicted octanol–water partition coefficient (Wildman–Crippen LogP) is 2.94. The minimum atomic E-state index is -1.03. The SMILES string of the molecule is Cc1nn(C)c(Cl)c1C(O)Cc1cccc(F)c1F. The fourth-order valence-electron chi connectivity index (χ4n) is 2.04. The topological polar surface area (TPSA) is 38.0 Å². The van der Waals surface area contributed by atoms with Gasteiger partial charge in [0.15, 0.2) is 11.6 Å². The fourth-order valence-corrected chi connectivity index (χ4v) is 2.34.